The van der Waals surface area contributed by atoms with Crippen LogP contribution in [-0.4, -0.2) is 190 Å². The standard InChI is InChI=1S/C56H79BrN16O26P4S5/c1-27(2)29-14-42(69-7-4-40(59)63-53(69)78)92-36(29)22-89-102(106,86-13-12-85-11-10-84-9-6-58)98-33-17-44(71-19-28(3)49(75)67-55(71)80)94-37(33)23-87-101(83,105)97-32-16-46(73-26-62-47-48(73)65-52(61)66-51(47)77)95-39(32)25-90-103(107,108)99-34-18-43(70-8-5-41(60)64-54(70)79)93-38(34)24-88-100(82,104)96-31-15-45(91-35(31)21-74)72-20-30(57)50(76)68-56(72)81/h4-5,7-8,19-20,26-27,29,31-39,42-46,74H,6,9-18,21-25,58H2,1-3H3,(H,82,104)(H,83,105)(H,107,108)(H2,59,63,78)(H2,60,64,79)(H,67,75,80)(H,68,76,81)(H3,61,65,66,77)/t29?,31?,32?,33?,34?,35-,36-,37-,38-,39-,42-,43-,44-,45-,46-,100?,101?,102?/m1/s1. The van der Waals surface area contributed by atoms with Gasteiger partial charge in [-0.1, -0.05) is 50.6 Å². The molecule has 0 spiro atoms. The van der Waals surface area contributed by atoms with Gasteiger partial charge in [0.15, 0.2) is 11.2 Å². The SMILES string of the molecule is Cc1cn([C@H]2CC(OP(=S)(OCCOCCOCCN)OC[C@H]3O[C@@H](n4ccc(N)nc4=O)CC3C(C)C)[C@@H](COP(=O)(S)OC3C[C@H](n4cnc5c(=O)[nH]c(N)nc54)O[C@@H]3COP(=S)(S)OC3C[C@H](n4ccc(N)nc4=O)O[C@@H]3COP(=O)(S)OC3C[C@H](n4cc(Br)c(=O)[nH]c4=O)O[C@@H]3CO)O2)c(=O)[nH]c1=O. The Kier molecular flexibility index (Phi) is 28.3. The summed E-state index contributed by atoms with van der Waals surface area (Å²) in [6.07, 6.45) is -9.96. The first-order chi connectivity index (χ1) is 51.2. The summed E-state index contributed by atoms with van der Waals surface area (Å²) in [5.74, 6) is -0.541. The summed E-state index contributed by atoms with van der Waals surface area (Å²) in [6, 6.07) is 2.81. The predicted octanol–water partition coefficient (Wildman–Crippen LogP) is 2.32. The van der Waals surface area contributed by atoms with Gasteiger partial charge in [-0.25, -0.2) is 33.3 Å². The summed E-state index contributed by atoms with van der Waals surface area (Å²) in [6.45, 7) is -9.71. The number of ether oxygens (including phenoxy) is 7. The molecule has 5 saturated heterocycles. The molecule has 5 fully saturated rings. The van der Waals surface area contributed by atoms with Crippen LogP contribution in [0.4, 0.5) is 17.6 Å². The molecular weight excluding hydrogens is 1680 g/mol. The van der Waals surface area contributed by atoms with Crippen LogP contribution in [0, 0.1) is 18.8 Å². The number of aromatic amines is 3. The number of halogens is 1. The molecule has 5 aliphatic heterocycles. The predicted molar refractivity (Wildman–Crippen MR) is 402 cm³/mol. The molecule has 19 atom stereocenters. The fourth-order valence-electron chi connectivity index (χ4n) is 12.4. The van der Waals surface area contributed by atoms with E-state index < -0.39 is 178 Å². The van der Waals surface area contributed by atoms with Crippen LogP contribution in [0.3, 0.4) is 0 Å². The number of anilines is 3. The maximum Gasteiger partial charge on any atom is 0.386 e. The van der Waals surface area contributed by atoms with Crippen molar-refractivity contribution in [3.05, 3.63) is 126 Å². The summed E-state index contributed by atoms with van der Waals surface area (Å²) >= 11 is 28.4. The minimum atomic E-state index is -4.71. The molecular formula is C56H79BrN16O26P4S5. The highest BCUT2D eigenvalue weighted by Crippen LogP contribution is 2.61. The molecule has 42 nitrogen and oxygen atoms in total. The van der Waals surface area contributed by atoms with Gasteiger partial charge in [0.05, 0.1) is 95.2 Å². The maximum atomic E-state index is 15.0. The van der Waals surface area contributed by atoms with Crippen molar-refractivity contribution in [3.8, 4) is 0 Å². The Morgan fingerprint density at radius 1 is 0.583 bits per heavy atom. The highest BCUT2D eigenvalue weighted by molar-refractivity contribution is 9.10. The summed E-state index contributed by atoms with van der Waals surface area (Å²) in [5.41, 5.74) is 14.0. The van der Waals surface area contributed by atoms with E-state index in [1.807, 2.05) is 13.8 Å². The average Bonchev–Trinajstić information content (AvgIpc) is 1.62. The van der Waals surface area contributed by atoms with E-state index in [9.17, 15) is 47.8 Å². The second-order valence-corrected chi connectivity index (χ2v) is 40.2. The van der Waals surface area contributed by atoms with Gasteiger partial charge in [-0.3, -0.25) is 70.3 Å². The Balaban J connectivity index is 0.816. The van der Waals surface area contributed by atoms with Crippen molar-refractivity contribution in [1.82, 2.24) is 57.7 Å². The van der Waals surface area contributed by atoms with Crippen LogP contribution in [-0.2, 0) is 107 Å². The molecule has 9 unspecified atom stereocenters. The maximum absolute atomic E-state index is 15.0. The fourth-order valence-corrected chi connectivity index (χ4v) is 19.9. The number of aromatic nitrogens is 12. The molecule has 52 heteroatoms. The Morgan fingerprint density at radius 3 is 1.62 bits per heavy atom. The molecule has 596 valence electrons. The molecule has 5 aliphatic rings. The largest absolute Gasteiger partial charge is 0.394 e. The first-order valence-corrected chi connectivity index (χ1v) is 45.7. The number of hydrogen-bond donors (Lipinski definition) is 11. The van der Waals surface area contributed by atoms with Crippen LogP contribution in [0.5, 0.6) is 0 Å². The number of thiol groups is 3. The summed E-state index contributed by atoms with van der Waals surface area (Å²) in [4.78, 5) is 113. The van der Waals surface area contributed by atoms with Gasteiger partial charge in [0.2, 0.25) is 11.6 Å². The molecule has 0 aliphatic carbocycles. The lowest BCUT2D eigenvalue weighted by Crippen LogP contribution is -2.33. The number of hydrogen-bond acceptors (Lipinski definition) is 36. The third-order valence-electron chi connectivity index (χ3n) is 17.6. The molecule has 11 heterocycles. The first-order valence-electron chi connectivity index (χ1n) is 33.2. The minimum Gasteiger partial charge on any atom is -0.394 e. The van der Waals surface area contributed by atoms with Crippen molar-refractivity contribution in [1.29, 1.82) is 0 Å². The Hall–Kier alpha value is -4.56. The lowest BCUT2D eigenvalue weighted by molar-refractivity contribution is -0.0535. The average molecular weight is 1760 g/mol. The van der Waals surface area contributed by atoms with Crippen LogP contribution < -0.4 is 62.4 Å². The zero-order valence-electron chi connectivity index (χ0n) is 57.4. The van der Waals surface area contributed by atoms with Gasteiger partial charge in [-0.15, -0.1) is 0 Å². The van der Waals surface area contributed by atoms with Crippen molar-refractivity contribution < 1.29 is 88.1 Å². The summed E-state index contributed by atoms with van der Waals surface area (Å²) in [7, 11) is 0. The monoisotopic (exact) mass is 1750 g/mol. The second kappa shape index (κ2) is 36.3. The quantitative estimate of drug-likeness (QED) is 0.0153. The first kappa shape index (κ1) is 84.4. The lowest BCUT2D eigenvalue weighted by Gasteiger charge is -2.30. The van der Waals surface area contributed by atoms with Crippen LogP contribution in [0.25, 0.3) is 11.2 Å². The summed E-state index contributed by atoms with van der Waals surface area (Å²) in [5, 5.41) is 10.2. The molecule has 11 rings (SSSR count). The topological polar surface area (TPSA) is 549 Å². The smallest absolute Gasteiger partial charge is 0.386 e. The molecule has 0 bridgehead atoms. The van der Waals surface area contributed by atoms with Crippen LogP contribution in [0.1, 0.15) is 82.7 Å². The van der Waals surface area contributed by atoms with E-state index >= 15 is 0 Å². The van der Waals surface area contributed by atoms with Gasteiger partial charge < -0.3 is 83.8 Å². The van der Waals surface area contributed by atoms with Gasteiger partial charge in [-0.2, -0.15) is 15.0 Å². The van der Waals surface area contributed by atoms with Crippen molar-refractivity contribution in [2.75, 3.05) is 89.8 Å². The van der Waals surface area contributed by atoms with Crippen molar-refractivity contribution in [2.45, 2.75) is 139 Å². The molecule has 0 amide bonds. The third-order valence-corrected chi connectivity index (χ3v) is 26.0. The van der Waals surface area contributed by atoms with Crippen molar-refractivity contribution >= 4 is 131 Å². The number of nitrogens with one attached hydrogen (secondary N) is 3. The van der Waals surface area contributed by atoms with E-state index in [0.717, 1.165) is 13.7 Å². The van der Waals surface area contributed by atoms with E-state index in [1.54, 1.807) is 0 Å². The van der Waals surface area contributed by atoms with Gasteiger partial charge >= 0.3 is 43.1 Å². The van der Waals surface area contributed by atoms with Gasteiger partial charge in [0.1, 0.15) is 79.4 Å². The van der Waals surface area contributed by atoms with Gasteiger partial charge in [0, 0.05) is 62.6 Å². The fraction of sp³-hybridized carbons (Fsp3) is 0.625. The second-order valence-electron chi connectivity index (χ2n) is 25.4. The van der Waals surface area contributed by atoms with Crippen molar-refractivity contribution in [3.63, 3.8) is 0 Å². The van der Waals surface area contributed by atoms with Crippen molar-refractivity contribution in [2.24, 2.45) is 17.6 Å². The number of nitrogens with two attached hydrogens (primary N) is 4. The minimum absolute atomic E-state index is 0.00271. The molecule has 12 N–H and O–H groups in total. The number of aryl methyl sites for hydroxylation is 1. The van der Waals surface area contributed by atoms with E-state index in [1.165, 1.54) is 59.3 Å². The molecule has 0 saturated carbocycles. The highest BCUT2D eigenvalue weighted by atomic mass is 79.9. The van der Waals surface area contributed by atoms with Gasteiger partial charge in [0.25, 0.3) is 16.7 Å². The zero-order chi connectivity index (χ0) is 77.7. The third kappa shape index (κ3) is 21.3. The normalized spacial score (nSPS) is 28.2. The van der Waals surface area contributed by atoms with Crippen LogP contribution >= 0.6 is 78.7 Å². The van der Waals surface area contributed by atoms with Gasteiger partial charge in [-0.05, 0) is 76.9 Å². The molecule has 0 aromatic carbocycles. The van der Waals surface area contributed by atoms with E-state index in [4.69, 9.17) is 120 Å². The molecule has 108 heavy (non-hydrogen) atoms. The number of nitrogens with zero attached hydrogens (tertiary/aromatic N) is 9. The molecule has 0 radical (unpaired) electrons. The number of imidazole rings is 1. The zero-order valence-corrected chi connectivity index (χ0v) is 66.9. The highest BCUT2D eigenvalue weighted by Gasteiger charge is 2.49. The number of rotatable bonds is 36. The van der Waals surface area contributed by atoms with E-state index in [-0.39, 0.29) is 109 Å². The number of aliphatic hydroxyl groups is 1. The van der Waals surface area contributed by atoms with E-state index in [2.05, 4.69) is 87.6 Å². The number of nitrogen functional groups attached to an aromatic ring is 3. The Labute approximate surface area is 645 Å². The Morgan fingerprint density at radius 2 is 1.06 bits per heavy atom. The molecule has 6 aromatic rings. The Bertz CT molecular complexity index is 4850. The van der Waals surface area contributed by atoms with E-state index in [0.29, 0.717) is 19.6 Å². The lowest BCUT2D eigenvalue weighted by atomic mass is 9.89. The van der Waals surface area contributed by atoms with Crippen LogP contribution in [0.15, 0.2) is 81.3 Å². The number of fused-ring (bicyclic) bond motifs is 1. The van der Waals surface area contributed by atoms with Crippen LogP contribution in [0.2, 0.25) is 0 Å². The molecule has 6 aromatic heterocycles. The number of H-pyrrole nitrogens is 3. The summed E-state index contributed by atoms with van der Waals surface area (Å²) < 4.78 is 134. The number of aliphatic hydroxyl groups excluding tert-OH is 1.